The van der Waals surface area contributed by atoms with Gasteiger partial charge in [-0.25, -0.2) is 0 Å². The number of methoxy groups -OCH3 is 2. The summed E-state index contributed by atoms with van der Waals surface area (Å²) in [4.78, 5) is 0. The standard InChI is InChI=1S/C17H20ClNO2/c1-12(13-4-7-15(18)8-5-13)19-11-14-6-9-16(20-2)10-17(14)21-3/h4-10,12,19H,11H2,1-3H3. The van der Waals surface area contributed by atoms with Crippen LogP contribution in [0.4, 0.5) is 0 Å². The second-order valence-electron chi connectivity index (χ2n) is 4.83. The van der Waals surface area contributed by atoms with Gasteiger partial charge in [0.15, 0.2) is 0 Å². The molecule has 0 radical (unpaired) electrons. The summed E-state index contributed by atoms with van der Waals surface area (Å²) in [5, 5.41) is 4.24. The number of hydrogen-bond acceptors (Lipinski definition) is 3. The van der Waals surface area contributed by atoms with Gasteiger partial charge in [0.25, 0.3) is 0 Å². The fourth-order valence-corrected chi connectivity index (χ4v) is 2.26. The first kappa shape index (κ1) is 15.7. The number of nitrogens with one attached hydrogen (secondary N) is 1. The Balaban J connectivity index is 2.03. The van der Waals surface area contributed by atoms with Crippen LogP contribution < -0.4 is 14.8 Å². The quantitative estimate of drug-likeness (QED) is 0.867. The second-order valence-corrected chi connectivity index (χ2v) is 5.27. The summed E-state index contributed by atoms with van der Waals surface area (Å²) in [6, 6.07) is 14.0. The van der Waals surface area contributed by atoms with Gasteiger partial charge in [0.05, 0.1) is 14.2 Å². The first-order valence-electron chi connectivity index (χ1n) is 6.83. The molecule has 0 amide bonds. The lowest BCUT2D eigenvalue weighted by atomic mass is 10.1. The normalized spacial score (nSPS) is 12.0. The van der Waals surface area contributed by atoms with Crippen LogP contribution in [0.25, 0.3) is 0 Å². The summed E-state index contributed by atoms with van der Waals surface area (Å²) < 4.78 is 10.6. The van der Waals surface area contributed by atoms with E-state index in [4.69, 9.17) is 21.1 Å². The van der Waals surface area contributed by atoms with Crippen LogP contribution in [0.15, 0.2) is 42.5 Å². The highest BCUT2D eigenvalue weighted by molar-refractivity contribution is 6.30. The van der Waals surface area contributed by atoms with Crippen LogP contribution in [0.1, 0.15) is 24.1 Å². The Morgan fingerprint density at radius 3 is 2.38 bits per heavy atom. The van der Waals surface area contributed by atoms with Gasteiger partial charge in [0.1, 0.15) is 11.5 Å². The molecule has 0 heterocycles. The van der Waals surface area contributed by atoms with Gasteiger partial charge in [-0.2, -0.15) is 0 Å². The molecule has 2 rings (SSSR count). The van der Waals surface area contributed by atoms with E-state index in [1.165, 1.54) is 5.56 Å². The molecule has 0 aliphatic rings. The molecule has 0 spiro atoms. The van der Waals surface area contributed by atoms with Crippen LogP contribution in [0.5, 0.6) is 11.5 Å². The molecule has 4 heteroatoms. The number of hydrogen-bond donors (Lipinski definition) is 1. The van der Waals surface area contributed by atoms with Crippen LogP contribution >= 0.6 is 11.6 Å². The molecule has 0 saturated heterocycles. The fraction of sp³-hybridized carbons (Fsp3) is 0.294. The van der Waals surface area contributed by atoms with E-state index in [9.17, 15) is 0 Å². The van der Waals surface area contributed by atoms with Crippen molar-refractivity contribution < 1.29 is 9.47 Å². The topological polar surface area (TPSA) is 30.5 Å². The maximum absolute atomic E-state index is 5.91. The molecule has 2 aromatic carbocycles. The Labute approximate surface area is 130 Å². The van der Waals surface area contributed by atoms with Crippen molar-refractivity contribution in [3.05, 3.63) is 58.6 Å². The van der Waals surface area contributed by atoms with E-state index in [0.717, 1.165) is 28.6 Å². The minimum absolute atomic E-state index is 0.231. The zero-order valence-corrected chi connectivity index (χ0v) is 13.3. The second kappa shape index (κ2) is 7.34. The summed E-state index contributed by atoms with van der Waals surface area (Å²) in [7, 11) is 3.32. The Hall–Kier alpha value is -1.71. The molecule has 112 valence electrons. The van der Waals surface area contributed by atoms with Crippen LogP contribution in [-0.2, 0) is 6.54 Å². The molecule has 0 saturated carbocycles. The van der Waals surface area contributed by atoms with Crippen LogP contribution in [0.2, 0.25) is 5.02 Å². The van der Waals surface area contributed by atoms with E-state index in [1.54, 1.807) is 14.2 Å². The molecule has 0 fully saturated rings. The summed E-state index contributed by atoms with van der Waals surface area (Å²) in [5.74, 6) is 1.62. The van der Waals surface area contributed by atoms with Crippen molar-refractivity contribution in [1.29, 1.82) is 0 Å². The smallest absolute Gasteiger partial charge is 0.127 e. The van der Waals surface area contributed by atoms with E-state index in [0.29, 0.717) is 0 Å². The summed E-state index contributed by atoms with van der Waals surface area (Å²) in [6.07, 6.45) is 0. The third-order valence-electron chi connectivity index (χ3n) is 3.46. The minimum atomic E-state index is 0.231. The molecule has 1 unspecified atom stereocenters. The van der Waals surface area contributed by atoms with Crippen LogP contribution in [-0.4, -0.2) is 14.2 Å². The van der Waals surface area contributed by atoms with E-state index in [-0.39, 0.29) is 6.04 Å². The summed E-state index contributed by atoms with van der Waals surface area (Å²) >= 11 is 5.91. The van der Waals surface area contributed by atoms with Crippen molar-refractivity contribution in [2.24, 2.45) is 0 Å². The zero-order valence-electron chi connectivity index (χ0n) is 12.5. The lowest BCUT2D eigenvalue weighted by Crippen LogP contribution is -2.18. The van der Waals surface area contributed by atoms with Crippen molar-refractivity contribution >= 4 is 11.6 Å². The van der Waals surface area contributed by atoms with Gasteiger partial charge in [-0.15, -0.1) is 0 Å². The van der Waals surface area contributed by atoms with Crippen molar-refractivity contribution in [1.82, 2.24) is 5.32 Å². The molecular weight excluding hydrogens is 286 g/mol. The lowest BCUT2D eigenvalue weighted by molar-refractivity contribution is 0.389. The lowest BCUT2D eigenvalue weighted by Gasteiger charge is -2.16. The molecule has 3 nitrogen and oxygen atoms in total. The van der Waals surface area contributed by atoms with Crippen molar-refractivity contribution in [3.8, 4) is 11.5 Å². The van der Waals surface area contributed by atoms with Gasteiger partial charge in [-0.3, -0.25) is 0 Å². The van der Waals surface area contributed by atoms with Gasteiger partial charge in [-0.1, -0.05) is 29.8 Å². The maximum Gasteiger partial charge on any atom is 0.127 e. The first-order valence-corrected chi connectivity index (χ1v) is 7.21. The Bertz CT molecular complexity index is 584. The monoisotopic (exact) mass is 305 g/mol. The Morgan fingerprint density at radius 2 is 1.76 bits per heavy atom. The predicted octanol–water partition coefficient (Wildman–Crippen LogP) is 4.21. The molecule has 0 bridgehead atoms. The molecule has 1 N–H and O–H groups in total. The number of halogens is 1. The first-order chi connectivity index (χ1) is 10.1. The van der Waals surface area contributed by atoms with E-state index in [2.05, 4.69) is 12.2 Å². The molecule has 21 heavy (non-hydrogen) atoms. The highest BCUT2D eigenvalue weighted by Gasteiger charge is 2.08. The maximum atomic E-state index is 5.91. The minimum Gasteiger partial charge on any atom is -0.497 e. The third kappa shape index (κ3) is 4.13. The molecule has 0 aromatic heterocycles. The third-order valence-corrected chi connectivity index (χ3v) is 3.71. The molecule has 1 atom stereocenters. The number of ether oxygens (including phenoxy) is 2. The average Bonchev–Trinajstić information content (AvgIpc) is 2.53. The SMILES string of the molecule is COc1ccc(CNC(C)c2ccc(Cl)cc2)c(OC)c1. The van der Waals surface area contributed by atoms with Gasteiger partial charge in [-0.05, 0) is 30.7 Å². The zero-order chi connectivity index (χ0) is 15.2. The number of benzene rings is 2. The average molecular weight is 306 g/mol. The van der Waals surface area contributed by atoms with Gasteiger partial charge < -0.3 is 14.8 Å². The predicted molar refractivity (Wildman–Crippen MR) is 86.3 cm³/mol. The highest BCUT2D eigenvalue weighted by atomic mass is 35.5. The molecule has 0 aliphatic carbocycles. The van der Waals surface area contributed by atoms with E-state index >= 15 is 0 Å². The van der Waals surface area contributed by atoms with Gasteiger partial charge >= 0.3 is 0 Å². The fourth-order valence-electron chi connectivity index (χ4n) is 2.13. The molecule has 0 aliphatic heterocycles. The van der Waals surface area contributed by atoms with Crippen LogP contribution in [0, 0.1) is 0 Å². The van der Waals surface area contributed by atoms with Crippen molar-refractivity contribution in [3.63, 3.8) is 0 Å². The van der Waals surface area contributed by atoms with Crippen molar-refractivity contribution in [2.75, 3.05) is 14.2 Å². The van der Waals surface area contributed by atoms with Gasteiger partial charge in [0, 0.05) is 29.2 Å². The Morgan fingerprint density at radius 1 is 1.05 bits per heavy atom. The van der Waals surface area contributed by atoms with Crippen molar-refractivity contribution in [2.45, 2.75) is 19.5 Å². The molecule has 2 aromatic rings. The largest absolute Gasteiger partial charge is 0.497 e. The highest BCUT2D eigenvalue weighted by Crippen LogP contribution is 2.25. The summed E-state index contributed by atoms with van der Waals surface area (Å²) in [6.45, 7) is 2.84. The van der Waals surface area contributed by atoms with Gasteiger partial charge in [0.2, 0.25) is 0 Å². The summed E-state index contributed by atoms with van der Waals surface area (Å²) in [5.41, 5.74) is 2.30. The van der Waals surface area contributed by atoms with E-state index < -0.39 is 0 Å². The van der Waals surface area contributed by atoms with E-state index in [1.807, 2.05) is 42.5 Å². The molecular formula is C17H20ClNO2. The number of rotatable bonds is 6. The van der Waals surface area contributed by atoms with Crippen LogP contribution in [0.3, 0.4) is 0 Å². The Kier molecular flexibility index (Phi) is 5.48.